The summed E-state index contributed by atoms with van der Waals surface area (Å²) in [4.78, 5) is 15.0. The van der Waals surface area contributed by atoms with Crippen LogP contribution in [0.1, 0.15) is 18.4 Å². The van der Waals surface area contributed by atoms with Crippen molar-refractivity contribution in [2.75, 3.05) is 25.5 Å². The first kappa shape index (κ1) is 19.0. The molecule has 1 fully saturated rings. The van der Waals surface area contributed by atoms with Gasteiger partial charge in [0.25, 0.3) is 0 Å². The lowest BCUT2D eigenvalue weighted by Crippen LogP contribution is -2.40. The van der Waals surface area contributed by atoms with Gasteiger partial charge in [0.2, 0.25) is 5.91 Å². The van der Waals surface area contributed by atoms with E-state index in [-0.39, 0.29) is 11.8 Å². The number of hydrogen-bond acceptors (Lipinski definition) is 3. The lowest BCUT2D eigenvalue weighted by Gasteiger charge is -2.32. The Hall–Kier alpha value is -1.75. The average molecular weight is 393 g/mol. The summed E-state index contributed by atoms with van der Waals surface area (Å²) in [6.07, 6.45) is 1.87. The SMILES string of the molecule is COc1ccc(Cl)cc1NC(=O)C1CCCN(Cc2cccc(Cl)c2)C1. The Bertz CT molecular complexity index is 782. The summed E-state index contributed by atoms with van der Waals surface area (Å²) in [6.45, 7) is 2.50. The maximum absolute atomic E-state index is 12.7. The summed E-state index contributed by atoms with van der Waals surface area (Å²) in [5.41, 5.74) is 1.77. The van der Waals surface area contributed by atoms with Crippen LogP contribution in [0.4, 0.5) is 5.69 Å². The molecule has 0 aliphatic carbocycles. The molecule has 1 saturated heterocycles. The highest BCUT2D eigenvalue weighted by Crippen LogP contribution is 2.29. The van der Waals surface area contributed by atoms with Crippen LogP contribution in [0.25, 0.3) is 0 Å². The molecular weight excluding hydrogens is 371 g/mol. The van der Waals surface area contributed by atoms with Gasteiger partial charge in [-0.15, -0.1) is 0 Å². The fourth-order valence-corrected chi connectivity index (χ4v) is 3.70. The first-order chi connectivity index (χ1) is 12.5. The summed E-state index contributed by atoms with van der Waals surface area (Å²) in [7, 11) is 1.58. The van der Waals surface area contributed by atoms with E-state index in [1.807, 2.05) is 18.2 Å². The fourth-order valence-electron chi connectivity index (χ4n) is 3.32. The molecule has 2 aromatic rings. The van der Waals surface area contributed by atoms with Gasteiger partial charge in [0, 0.05) is 23.1 Å². The molecule has 3 rings (SSSR count). The van der Waals surface area contributed by atoms with Gasteiger partial charge < -0.3 is 10.1 Å². The van der Waals surface area contributed by atoms with Crippen LogP contribution >= 0.6 is 23.2 Å². The third-order valence-corrected chi connectivity index (χ3v) is 5.06. The number of benzene rings is 2. The van der Waals surface area contributed by atoms with E-state index in [4.69, 9.17) is 27.9 Å². The van der Waals surface area contributed by atoms with Gasteiger partial charge in [-0.1, -0.05) is 35.3 Å². The molecule has 4 nitrogen and oxygen atoms in total. The first-order valence-electron chi connectivity index (χ1n) is 8.66. The lowest BCUT2D eigenvalue weighted by atomic mass is 9.96. The Labute approximate surface area is 164 Å². The molecule has 0 bridgehead atoms. The summed E-state index contributed by atoms with van der Waals surface area (Å²) < 4.78 is 5.30. The minimum Gasteiger partial charge on any atom is -0.495 e. The normalized spacial score (nSPS) is 17.7. The number of rotatable bonds is 5. The predicted molar refractivity (Wildman–Crippen MR) is 106 cm³/mol. The number of nitrogens with zero attached hydrogens (tertiary/aromatic N) is 1. The van der Waals surface area contributed by atoms with E-state index in [9.17, 15) is 4.79 Å². The van der Waals surface area contributed by atoms with Gasteiger partial charge in [0.15, 0.2) is 0 Å². The Kier molecular flexibility index (Phi) is 6.41. The van der Waals surface area contributed by atoms with E-state index < -0.39 is 0 Å². The molecule has 0 spiro atoms. The minimum atomic E-state index is -0.0633. The smallest absolute Gasteiger partial charge is 0.228 e. The molecule has 1 aliphatic heterocycles. The summed E-state index contributed by atoms with van der Waals surface area (Å²) in [5.74, 6) is 0.544. The average Bonchev–Trinajstić information content (AvgIpc) is 2.62. The lowest BCUT2D eigenvalue weighted by molar-refractivity contribution is -0.121. The van der Waals surface area contributed by atoms with Crippen molar-refractivity contribution in [3.63, 3.8) is 0 Å². The van der Waals surface area contributed by atoms with Gasteiger partial charge >= 0.3 is 0 Å². The van der Waals surface area contributed by atoms with Crippen LogP contribution in [0.15, 0.2) is 42.5 Å². The third kappa shape index (κ3) is 4.91. The van der Waals surface area contributed by atoms with Gasteiger partial charge in [-0.05, 0) is 55.3 Å². The van der Waals surface area contributed by atoms with Crippen LogP contribution in [-0.4, -0.2) is 31.0 Å². The molecule has 1 atom stereocenters. The Morgan fingerprint density at radius 2 is 2.04 bits per heavy atom. The van der Waals surface area contributed by atoms with E-state index in [1.54, 1.807) is 25.3 Å². The van der Waals surface area contributed by atoms with E-state index in [0.29, 0.717) is 16.5 Å². The Balaban J connectivity index is 1.64. The molecule has 138 valence electrons. The maximum Gasteiger partial charge on any atom is 0.228 e. The number of ether oxygens (including phenoxy) is 1. The first-order valence-corrected chi connectivity index (χ1v) is 9.42. The summed E-state index contributed by atoms with van der Waals surface area (Å²) in [6, 6.07) is 13.1. The van der Waals surface area contributed by atoms with Crippen LogP contribution in [0.2, 0.25) is 10.0 Å². The minimum absolute atomic E-state index is 0.00126. The van der Waals surface area contributed by atoms with Crippen LogP contribution in [0.5, 0.6) is 5.75 Å². The Morgan fingerprint density at radius 1 is 1.23 bits per heavy atom. The quantitative estimate of drug-likeness (QED) is 0.790. The standard InChI is InChI=1S/C20H22Cl2N2O2/c1-26-19-8-7-17(22)11-18(19)23-20(25)15-5-3-9-24(13-15)12-14-4-2-6-16(21)10-14/h2,4,6-8,10-11,15H,3,5,9,12-13H2,1H3,(H,23,25). The second-order valence-corrected chi connectivity index (χ2v) is 7.41. The topological polar surface area (TPSA) is 41.6 Å². The number of piperidine rings is 1. The van der Waals surface area contributed by atoms with Gasteiger partial charge in [-0.2, -0.15) is 0 Å². The van der Waals surface area contributed by atoms with Crippen LogP contribution in [-0.2, 0) is 11.3 Å². The van der Waals surface area contributed by atoms with Crippen molar-refractivity contribution in [1.29, 1.82) is 0 Å². The maximum atomic E-state index is 12.7. The van der Waals surface area contributed by atoms with Crippen molar-refractivity contribution >= 4 is 34.8 Å². The van der Waals surface area contributed by atoms with Gasteiger partial charge in [-0.3, -0.25) is 9.69 Å². The van der Waals surface area contributed by atoms with E-state index in [1.165, 1.54) is 0 Å². The van der Waals surface area contributed by atoms with E-state index in [0.717, 1.165) is 43.1 Å². The molecular formula is C20H22Cl2N2O2. The number of halogens is 2. The van der Waals surface area contributed by atoms with Crippen LogP contribution < -0.4 is 10.1 Å². The fraction of sp³-hybridized carbons (Fsp3) is 0.350. The molecule has 1 amide bonds. The zero-order valence-corrected chi connectivity index (χ0v) is 16.2. The van der Waals surface area contributed by atoms with Crippen molar-refractivity contribution in [2.45, 2.75) is 19.4 Å². The van der Waals surface area contributed by atoms with Crippen molar-refractivity contribution in [3.05, 3.63) is 58.1 Å². The van der Waals surface area contributed by atoms with Gasteiger partial charge in [0.05, 0.1) is 18.7 Å². The number of hydrogen-bond donors (Lipinski definition) is 1. The number of anilines is 1. The highest BCUT2D eigenvalue weighted by atomic mass is 35.5. The van der Waals surface area contributed by atoms with Crippen molar-refractivity contribution in [1.82, 2.24) is 4.90 Å². The predicted octanol–water partition coefficient (Wildman–Crippen LogP) is 4.85. The zero-order valence-electron chi connectivity index (χ0n) is 14.7. The largest absolute Gasteiger partial charge is 0.495 e. The monoisotopic (exact) mass is 392 g/mol. The summed E-state index contributed by atoms with van der Waals surface area (Å²) in [5, 5.41) is 4.27. The highest BCUT2D eigenvalue weighted by molar-refractivity contribution is 6.31. The number of carbonyl (C=O) groups is 1. The number of likely N-dealkylation sites (tertiary alicyclic amines) is 1. The molecule has 1 N–H and O–H groups in total. The van der Waals surface area contributed by atoms with Gasteiger partial charge in [0.1, 0.15) is 5.75 Å². The second kappa shape index (κ2) is 8.76. The van der Waals surface area contributed by atoms with Crippen molar-refractivity contribution in [3.8, 4) is 5.75 Å². The van der Waals surface area contributed by atoms with E-state index in [2.05, 4.69) is 16.3 Å². The number of nitrogens with one attached hydrogen (secondary N) is 1. The third-order valence-electron chi connectivity index (χ3n) is 4.59. The van der Waals surface area contributed by atoms with Gasteiger partial charge in [-0.25, -0.2) is 0 Å². The molecule has 1 aliphatic rings. The molecule has 1 heterocycles. The molecule has 0 aromatic heterocycles. The molecule has 1 unspecified atom stereocenters. The second-order valence-electron chi connectivity index (χ2n) is 6.54. The highest BCUT2D eigenvalue weighted by Gasteiger charge is 2.26. The summed E-state index contributed by atoms with van der Waals surface area (Å²) >= 11 is 12.1. The molecule has 6 heteroatoms. The number of methoxy groups -OCH3 is 1. The van der Waals surface area contributed by atoms with Crippen molar-refractivity contribution < 1.29 is 9.53 Å². The molecule has 26 heavy (non-hydrogen) atoms. The molecule has 0 radical (unpaired) electrons. The zero-order chi connectivity index (χ0) is 18.5. The van der Waals surface area contributed by atoms with Crippen molar-refractivity contribution in [2.24, 2.45) is 5.92 Å². The molecule has 2 aromatic carbocycles. The van der Waals surface area contributed by atoms with Crippen LogP contribution in [0.3, 0.4) is 0 Å². The van der Waals surface area contributed by atoms with E-state index >= 15 is 0 Å². The number of amides is 1. The van der Waals surface area contributed by atoms with Crippen LogP contribution in [0, 0.1) is 5.92 Å². The Morgan fingerprint density at radius 3 is 2.81 bits per heavy atom. The number of carbonyl (C=O) groups excluding carboxylic acids is 1. The molecule has 0 saturated carbocycles.